The zero-order valence-electron chi connectivity index (χ0n) is 15.1. The first-order valence-electron chi connectivity index (χ1n) is 8.37. The van der Waals surface area contributed by atoms with Gasteiger partial charge in [-0.1, -0.05) is 35.9 Å². The van der Waals surface area contributed by atoms with Crippen LogP contribution in [0.15, 0.2) is 42.5 Å². The third-order valence-corrected chi connectivity index (χ3v) is 5.04. The lowest BCUT2D eigenvalue weighted by atomic mass is 9.75. The maximum atomic E-state index is 13.1. The van der Waals surface area contributed by atoms with Crippen molar-refractivity contribution in [1.82, 2.24) is 0 Å². The molecule has 2 aromatic carbocycles. The molecule has 2 aromatic rings. The first kappa shape index (κ1) is 18.7. The molecule has 1 fully saturated rings. The second-order valence-corrected chi connectivity index (χ2v) is 7.93. The molecule has 0 amide bonds. The van der Waals surface area contributed by atoms with Crippen LogP contribution >= 0.6 is 11.6 Å². The lowest BCUT2D eigenvalue weighted by Crippen LogP contribution is -2.57. The maximum Gasteiger partial charge on any atom is 0.179 e. The fourth-order valence-electron chi connectivity index (χ4n) is 3.42. The van der Waals surface area contributed by atoms with Crippen LogP contribution in [0.25, 0.3) is 11.1 Å². The number of Topliss-reactive ketones (excluding diaryl/α,β-unsaturated/α-hetero) is 2. The first-order valence-corrected chi connectivity index (χ1v) is 8.75. The molecule has 0 aromatic heterocycles. The average Bonchev–Trinajstić information content (AvgIpc) is 2.55. The highest BCUT2D eigenvalue weighted by Gasteiger charge is 2.53. The first-order chi connectivity index (χ1) is 12.0. The second-order valence-electron chi connectivity index (χ2n) is 7.53. The summed E-state index contributed by atoms with van der Waals surface area (Å²) in [5, 5.41) is 0.326. The Labute approximate surface area is 157 Å². The Morgan fingerprint density at radius 3 is 1.88 bits per heavy atom. The second kappa shape index (κ2) is 6.29. The van der Waals surface area contributed by atoms with Crippen LogP contribution < -0.4 is 0 Å². The molecule has 0 bridgehead atoms. The molecule has 0 saturated carbocycles. The number of hydrogen-bond donors (Lipinski definition) is 0. The quantitative estimate of drug-likeness (QED) is 0.698. The Morgan fingerprint density at radius 2 is 1.38 bits per heavy atom. The van der Waals surface area contributed by atoms with Crippen LogP contribution in [0.3, 0.4) is 0 Å². The van der Waals surface area contributed by atoms with E-state index in [1.165, 1.54) is 12.1 Å². The van der Waals surface area contributed by atoms with E-state index in [1.54, 1.807) is 58.0 Å². The minimum atomic E-state index is -1.08. The molecule has 0 spiro atoms. The topological polar surface area (TPSA) is 43.4 Å². The molecule has 1 aliphatic rings. The Hall–Kier alpha value is -2.04. The summed E-state index contributed by atoms with van der Waals surface area (Å²) in [6, 6.07) is 11.2. The van der Waals surface area contributed by atoms with Gasteiger partial charge in [0.05, 0.1) is 0 Å². The number of carbonyl (C=O) groups is 2. The van der Waals surface area contributed by atoms with Gasteiger partial charge in [-0.3, -0.25) is 9.59 Å². The summed E-state index contributed by atoms with van der Waals surface area (Å²) >= 11 is 6.44. The molecule has 0 aliphatic carbocycles. The van der Waals surface area contributed by atoms with Gasteiger partial charge in [0.25, 0.3) is 0 Å². The molecule has 0 unspecified atom stereocenters. The summed E-state index contributed by atoms with van der Waals surface area (Å²) in [5.41, 5.74) is -0.117. The predicted molar refractivity (Wildman–Crippen MR) is 98.8 cm³/mol. The van der Waals surface area contributed by atoms with E-state index in [4.69, 9.17) is 16.3 Å². The van der Waals surface area contributed by atoms with E-state index in [1.807, 2.05) is 0 Å². The molecule has 0 atom stereocenters. The number of halogens is 2. The van der Waals surface area contributed by atoms with Gasteiger partial charge in [-0.15, -0.1) is 0 Å². The largest absolute Gasteiger partial charge is 0.354 e. The monoisotopic (exact) mass is 374 g/mol. The number of ketones is 2. The van der Waals surface area contributed by atoms with Crippen LogP contribution in [-0.2, 0) is 14.3 Å². The van der Waals surface area contributed by atoms with E-state index >= 15 is 0 Å². The van der Waals surface area contributed by atoms with Gasteiger partial charge in [-0.05, 0) is 62.6 Å². The van der Waals surface area contributed by atoms with Crippen LogP contribution in [0.4, 0.5) is 4.39 Å². The highest BCUT2D eigenvalue weighted by molar-refractivity contribution is 6.33. The summed E-state index contributed by atoms with van der Waals surface area (Å²) in [6.07, 6.45) is 0. The third kappa shape index (κ3) is 3.19. The number of benzene rings is 2. The Morgan fingerprint density at radius 1 is 0.885 bits per heavy atom. The van der Waals surface area contributed by atoms with E-state index in [-0.39, 0.29) is 17.4 Å². The molecule has 0 radical (unpaired) electrons. The minimum Gasteiger partial charge on any atom is -0.354 e. The predicted octanol–water partition coefficient (Wildman–Crippen LogP) is 4.96. The van der Waals surface area contributed by atoms with Crippen molar-refractivity contribution in [3.05, 3.63) is 58.9 Å². The van der Waals surface area contributed by atoms with Crippen molar-refractivity contribution in [3.8, 4) is 11.1 Å². The van der Waals surface area contributed by atoms with Crippen molar-refractivity contribution < 1.29 is 18.7 Å². The van der Waals surface area contributed by atoms with Gasteiger partial charge in [-0.2, -0.15) is 0 Å². The van der Waals surface area contributed by atoms with Crippen LogP contribution in [0.1, 0.15) is 39.2 Å². The molecule has 5 heteroatoms. The van der Waals surface area contributed by atoms with E-state index in [0.717, 1.165) is 11.1 Å². The Bertz CT molecular complexity index is 859. The highest BCUT2D eigenvalue weighted by Crippen LogP contribution is 2.41. The SMILES string of the molecule is CC1(C)OC(C)(C)C(=O)C(c2ccc(-c3ccc(F)cc3)cc2Cl)C1=O. The van der Waals surface area contributed by atoms with Crippen molar-refractivity contribution in [2.75, 3.05) is 0 Å². The third-order valence-electron chi connectivity index (χ3n) is 4.71. The summed E-state index contributed by atoms with van der Waals surface area (Å²) in [7, 11) is 0. The molecule has 1 heterocycles. The minimum absolute atomic E-state index is 0.307. The van der Waals surface area contributed by atoms with Crippen molar-refractivity contribution in [1.29, 1.82) is 0 Å². The number of rotatable bonds is 2. The molecule has 1 aliphatic heterocycles. The average molecular weight is 375 g/mol. The van der Waals surface area contributed by atoms with Crippen LogP contribution in [-0.4, -0.2) is 22.8 Å². The summed E-state index contributed by atoms with van der Waals surface area (Å²) in [5.74, 6) is -1.90. The summed E-state index contributed by atoms with van der Waals surface area (Å²) in [4.78, 5) is 25.7. The van der Waals surface area contributed by atoms with Crippen LogP contribution in [0.2, 0.25) is 5.02 Å². The number of carbonyl (C=O) groups excluding carboxylic acids is 2. The van der Waals surface area contributed by atoms with Crippen molar-refractivity contribution in [2.24, 2.45) is 0 Å². The van der Waals surface area contributed by atoms with Crippen LogP contribution in [0.5, 0.6) is 0 Å². The fourth-order valence-corrected chi connectivity index (χ4v) is 3.71. The lowest BCUT2D eigenvalue weighted by molar-refractivity contribution is -0.184. The zero-order valence-corrected chi connectivity index (χ0v) is 15.9. The van der Waals surface area contributed by atoms with Gasteiger partial charge in [0, 0.05) is 5.02 Å². The van der Waals surface area contributed by atoms with Crippen molar-refractivity contribution in [2.45, 2.75) is 44.8 Å². The highest BCUT2D eigenvalue weighted by atomic mass is 35.5. The lowest BCUT2D eigenvalue weighted by Gasteiger charge is -2.42. The van der Waals surface area contributed by atoms with Crippen LogP contribution in [0, 0.1) is 5.82 Å². The van der Waals surface area contributed by atoms with E-state index in [0.29, 0.717) is 10.6 Å². The summed E-state index contributed by atoms with van der Waals surface area (Å²) < 4.78 is 18.8. The number of ether oxygens (including phenoxy) is 1. The smallest absolute Gasteiger partial charge is 0.179 e. The maximum absolute atomic E-state index is 13.1. The number of hydrogen-bond acceptors (Lipinski definition) is 3. The van der Waals surface area contributed by atoms with Gasteiger partial charge >= 0.3 is 0 Å². The van der Waals surface area contributed by atoms with Gasteiger partial charge in [0.1, 0.15) is 22.9 Å². The van der Waals surface area contributed by atoms with Crippen molar-refractivity contribution in [3.63, 3.8) is 0 Å². The molecular weight excluding hydrogens is 355 g/mol. The van der Waals surface area contributed by atoms with Gasteiger partial charge in [0.2, 0.25) is 0 Å². The molecular formula is C21H20ClFO3. The molecule has 136 valence electrons. The Balaban J connectivity index is 2.04. The molecule has 0 N–H and O–H groups in total. The van der Waals surface area contributed by atoms with E-state index in [9.17, 15) is 14.0 Å². The van der Waals surface area contributed by atoms with Gasteiger partial charge in [0.15, 0.2) is 11.6 Å². The molecule has 1 saturated heterocycles. The standard InChI is InChI=1S/C21H20ClFO3/c1-20(2)18(24)17(19(25)21(3,4)26-20)15-10-7-13(11-16(15)22)12-5-8-14(23)9-6-12/h5-11,17H,1-4H3. The zero-order chi connectivity index (χ0) is 19.3. The summed E-state index contributed by atoms with van der Waals surface area (Å²) in [6.45, 7) is 6.66. The normalized spacial score (nSPS) is 19.6. The molecule has 26 heavy (non-hydrogen) atoms. The fraction of sp³-hybridized carbons (Fsp3) is 0.333. The van der Waals surface area contributed by atoms with E-state index < -0.39 is 17.1 Å². The molecule has 3 nitrogen and oxygen atoms in total. The van der Waals surface area contributed by atoms with Gasteiger partial charge in [-0.25, -0.2) is 4.39 Å². The van der Waals surface area contributed by atoms with E-state index in [2.05, 4.69) is 0 Å². The Kier molecular flexibility index (Phi) is 4.53. The van der Waals surface area contributed by atoms with Gasteiger partial charge < -0.3 is 4.74 Å². The molecule has 3 rings (SSSR count). The van der Waals surface area contributed by atoms with Crippen molar-refractivity contribution >= 4 is 23.2 Å².